The van der Waals surface area contributed by atoms with Crippen LogP contribution in [0.2, 0.25) is 0 Å². The molecule has 1 aromatic heterocycles. The maximum absolute atomic E-state index is 4.36. The molecule has 0 spiro atoms. The lowest BCUT2D eigenvalue weighted by Gasteiger charge is -2.03. The number of aromatic nitrogens is 2. The molecule has 66 valence electrons. The minimum Gasteiger partial charge on any atom is -0.314 e. The van der Waals surface area contributed by atoms with E-state index in [0.717, 1.165) is 29.0 Å². The molecule has 0 radical (unpaired) electrons. The average molecular weight is 230 g/mol. The van der Waals surface area contributed by atoms with E-state index in [2.05, 4.69) is 31.2 Å². The summed E-state index contributed by atoms with van der Waals surface area (Å²) in [6.07, 6.45) is 2.68. The van der Waals surface area contributed by atoms with Crippen molar-refractivity contribution in [1.29, 1.82) is 0 Å². The minimum absolute atomic E-state index is 0.774. The van der Waals surface area contributed by atoms with E-state index in [1.807, 2.05) is 14.0 Å². The SMILES string of the molecule is CCc1ncc(Br)c(CNC)n1. The zero-order valence-corrected chi connectivity index (χ0v) is 8.85. The largest absolute Gasteiger partial charge is 0.314 e. The van der Waals surface area contributed by atoms with Crippen LogP contribution >= 0.6 is 15.9 Å². The molecular formula is C8H12BrN3. The second-order valence-electron chi connectivity index (χ2n) is 2.46. The van der Waals surface area contributed by atoms with Crippen molar-refractivity contribution in [3.8, 4) is 0 Å². The van der Waals surface area contributed by atoms with Gasteiger partial charge < -0.3 is 5.32 Å². The number of aryl methyl sites for hydroxylation is 1. The van der Waals surface area contributed by atoms with Gasteiger partial charge in [0, 0.05) is 19.2 Å². The van der Waals surface area contributed by atoms with E-state index in [9.17, 15) is 0 Å². The number of halogens is 1. The van der Waals surface area contributed by atoms with E-state index in [-0.39, 0.29) is 0 Å². The van der Waals surface area contributed by atoms with Gasteiger partial charge in [-0.25, -0.2) is 9.97 Å². The molecular weight excluding hydrogens is 218 g/mol. The highest BCUT2D eigenvalue weighted by molar-refractivity contribution is 9.10. The number of nitrogens with zero attached hydrogens (tertiary/aromatic N) is 2. The third kappa shape index (κ3) is 2.25. The summed E-state index contributed by atoms with van der Waals surface area (Å²) in [6, 6.07) is 0. The molecule has 0 saturated carbocycles. The Labute approximate surface area is 80.7 Å². The van der Waals surface area contributed by atoms with Crippen molar-refractivity contribution in [1.82, 2.24) is 15.3 Å². The Bertz CT molecular complexity index is 262. The molecule has 0 saturated heterocycles. The Morgan fingerprint density at radius 1 is 1.58 bits per heavy atom. The first kappa shape index (κ1) is 9.61. The average Bonchev–Trinajstić information content (AvgIpc) is 2.09. The monoisotopic (exact) mass is 229 g/mol. The fourth-order valence-electron chi connectivity index (χ4n) is 0.906. The summed E-state index contributed by atoms with van der Waals surface area (Å²) in [7, 11) is 1.90. The van der Waals surface area contributed by atoms with Crippen molar-refractivity contribution in [2.24, 2.45) is 0 Å². The quantitative estimate of drug-likeness (QED) is 0.855. The molecule has 0 unspecified atom stereocenters. The smallest absolute Gasteiger partial charge is 0.128 e. The highest BCUT2D eigenvalue weighted by atomic mass is 79.9. The van der Waals surface area contributed by atoms with E-state index in [1.165, 1.54) is 0 Å². The topological polar surface area (TPSA) is 37.8 Å². The zero-order chi connectivity index (χ0) is 8.97. The molecule has 0 aliphatic heterocycles. The predicted octanol–water partition coefficient (Wildman–Crippen LogP) is 1.52. The molecule has 1 N–H and O–H groups in total. The van der Waals surface area contributed by atoms with Crippen molar-refractivity contribution in [3.63, 3.8) is 0 Å². The number of nitrogens with one attached hydrogen (secondary N) is 1. The van der Waals surface area contributed by atoms with Crippen LogP contribution in [0.5, 0.6) is 0 Å². The van der Waals surface area contributed by atoms with Gasteiger partial charge in [-0.15, -0.1) is 0 Å². The Morgan fingerprint density at radius 3 is 2.92 bits per heavy atom. The Kier molecular flexibility index (Phi) is 3.62. The molecule has 0 amide bonds. The fraction of sp³-hybridized carbons (Fsp3) is 0.500. The Morgan fingerprint density at radius 2 is 2.33 bits per heavy atom. The van der Waals surface area contributed by atoms with E-state index < -0.39 is 0 Å². The molecule has 0 bridgehead atoms. The van der Waals surface area contributed by atoms with Gasteiger partial charge >= 0.3 is 0 Å². The number of hydrogen-bond donors (Lipinski definition) is 1. The molecule has 3 nitrogen and oxygen atoms in total. The van der Waals surface area contributed by atoms with E-state index in [4.69, 9.17) is 0 Å². The van der Waals surface area contributed by atoms with Gasteiger partial charge in [0.25, 0.3) is 0 Å². The molecule has 4 heteroatoms. The number of hydrogen-bond acceptors (Lipinski definition) is 3. The van der Waals surface area contributed by atoms with E-state index >= 15 is 0 Å². The fourth-order valence-corrected chi connectivity index (χ4v) is 1.24. The standard InChI is InChI=1S/C8H12BrN3/c1-3-8-11-4-6(9)7(12-8)5-10-2/h4,10H,3,5H2,1-2H3. The van der Waals surface area contributed by atoms with Crippen molar-refractivity contribution < 1.29 is 0 Å². The van der Waals surface area contributed by atoms with Gasteiger partial charge in [-0.3, -0.25) is 0 Å². The van der Waals surface area contributed by atoms with Crippen molar-refractivity contribution in [2.75, 3.05) is 7.05 Å². The summed E-state index contributed by atoms with van der Waals surface area (Å²) < 4.78 is 0.967. The van der Waals surface area contributed by atoms with Crippen LogP contribution in [0.25, 0.3) is 0 Å². The summed E-state index contributed by atoms with van der Waals surface area (Å²) in [5.74, 6) is 0.892. The van der Waals surface area contributed by atoms with Crippen LogP contribution in [0.4, 0.5) is 0 Å². The highest BCUT2D eigenvalue weighted by Gasteiger charge is 2.01. The van der Waals surface area contributed by atoms with Crippen molar-refractivity contribution in [3.05, 3.63) is 22.2 Å². The molecule has 0 atom stereocenters. The third-order valence-corrected chi connectivity index (χ3v) is 2.19. The summed E-state index contributed by atoms with van der Waals surface area (Å²) in [5, 5.41) is 3.06. The lowest BCUT2D eigenvalue weighted by molar-refractivity contribution is 0.763. The Balaban J connectivity index is 2.91. The lowest BCUT2D eigenvalue weighted by Crippen LogP contribution is -2.09. The summed E-state index contributed by atoms with van der Waals surface area (Å²) in [5.41, 5.74) is 1.02. The van der Waals surface area contributed by atoms with Gasteiger partial charge in [0.1, 0.15) is 5.82 Å². The predicted molar refractivity (Wildman–Crippen MR) is 51.9 cm³/mol. The maximum Gasteiger partial charge on any atom is 0.128 e. The van der Waals surface area contributed by atoms with Crippen molar-refractivity contribution in [2.45, 2.75) is 19.9 Å². The van der Waals surface area contributed by atoms with Crippen molar-refractivity contribution >= 4 is 15.9 Å². The van der Waals surface area contributed by atoms with Gasteiger partial charge in [0.05, 0.1) is 10.2 Å². The highest BCUT2D eigenvalue weighted by Crippen LogP contribution is 2.12. The molecule has 0 fully saturated rings. The summed E-state index contributed by atoms with van der Waals surface area (Å²) in [4.78, 5) is 8.51. The van der Waals surface area contributed by atoms with Crippen LogP contribution in [0, 0.1) is 0 Å². The first-order valence-electron chi connectivity index (χ1n) is 3.92. The number of rotatable bonds is 3. The minimum atomic E-state index is 0.774. The van der Waals surface area contributed by atoms with Crippen LogP contribution in [0.15, 0.2) is 10.7 Å². The van der Waals surface area contributed by atoms with Crippen LogP contribution in [0.1, 0.15) is 18.4 Å². The zero-order valence-electron chi connectivity index (χ0n) is 7.26. The van der Waals surface area contributed by atoms with Crippen LogP contribution in [-0.4, -0.2) is 17.0 Å². The van der Waals surface area contributed by atoms with Gasteiger partial charge in [-0.05, 0) is 23.0 Å². The first-order valence-corrected chi connectivity index (χ1v) is 4.72. The molecule has 12 heavy (non-hydrogen) atoms. The molecule has 0 aromatic carbocycles. The second-order valence-corrected chi connectivity index (χ2v) is 3.32. The van der Waals surface area contributed by atoms with Crippen LogP contribution in [0.3, 0.4) is 0 Å². The van der Waals surface area contributed by atoms with E-state index in [0.29, 0.717) is 0 Å². The summed E-state index contributed by atoms with van der Waals surface area (Å²) in [6.45, 7) is 2.82. The first-order chi connectivity index (χ1) is 5.77. The molecule has 1 rings (SSSR count). The van der Waals surface area contributed by atoms with Gasteiger partial charge in [0.2, 0.25) is 0 Å². The molecule has 1 aromatic rings. The van der Waals surface area contributed by atoms with Gasteiger partial charge in [0.15, 0.2) is 0 Å². The maximum atomic E-state index is 4.36. The Hall–Kier alpha value is -0.480. The van der Waals surface area contributed by atoms with Gasteiger partial charge in [-0.2, -0.15) is 0 Å². The van der Waals surface area contributed by atoms with Crippen LogP contribution < -0.4 is 5.32 Å². The summed E-state index contributed by atoms with van der Waals surface area (Å²) >= 11 is 3.40. The van der Waals surface area contributed by atoms with Gasteiger partial charge in [-0.1, -0.05) is 6.92 Å². The third-order valence-electron chi connectivity index (χ3n) is 1.53. The molecule has 0 aliphatic carbocycles. The van der Waals surface area contributed by atoms with E-state index in [1.54, 1.807) is 6.20 Å². The molecule has 1 heterocycles. The molecule has 0 aliphatic rings. The normalized spacial score (nSPS) is 10.2. The second kappa shape index (κ2) is 4.52. The van der Waals surface area contributed by atoms with Crippen LogP contribution in [-0.2, 0) is 13.0 Å². The lowest BCUT2D eigenvalue weighted by atomic mass is 10.3.